The van der Waals surface area contributed by atoms with Crippen LogP contribution in [-0.2, 0) is 9.53 Å². The first-order chi connectivity index (χ1) is 9.78. The fourth-order valence-corrected chi connectivity index (χ4v) is 1.68. The monoisotopic (exact) mass is 271 g/mol. The maximum absolute atomic E-state index is 11.3. The predicted molar refractivity (Wildman–Crippen MR) is 78.1 cm³/mol. The molecule has 0 bridgehead atoms. The molecule has 0 radical (unpaired) electrons. The molecular formula is C16H17NO3. The Labute approximate surface area is 118 Å². The molecule has 0 saturated heterocycles. The summed E-state index contributed by atoms with van der Waals surface area (Å²) in [5.74, 6) is 1.21. The van der Waals surface area contributed by atoms with E-state index in [2.05, 4.69) is 5.32 Å². The smallest absolute Gasteiger partial charge is 0.325 e. The van der Waals surface area contributed by atoms with Gasteiger partial charge in [0.25, 0.3) is 0 Å². The van der Waals surface area contributed by atoms with E-state index in [4.69, 9.17) is 9.47 Å². The van der Waals surface area contributed by atoms with Crippen LogP contribution in [0.1, 0.15) is 6.92 Å². The average Bonchev–Trinajstić information content (AvgIpc) is 2.47. The van der Waals surface area contributed by atoms with E-state index in [1.807, 2.05) is 54.6 Å². The van der Waals surface area contributed by atoms with E-state index in [9.17, 15) is 4.79 Å². The van der Waals surface area contributed by atoms with E-state index < -0.39 is 0 Å². The molecular weight excluding hydrogens is 254 g/mol. The normalized spacial score (nSPS) is 9.85. The predicted octanol–water partition coefficient (Wildman–Crippen LogP) is 3.45. The van der Waals surface area contributed by atoms with E-state index in [1.54, 1.807) is 6.92 Å². The second-order valence-corrected chi connectivity index (χ2v) is 4.10. The number of benzene rings is 2. The first kappa shape index (κ1) is 13.9. The third-order valence-corrected chi connectivity index (χ3v) is 2.56. The highest BCUT2D eigenvalue weighted by Crippen LogP contribution is 2.23. The van der Waals surface area contributed by atoms with Crippen molar-refractivity contribution in [3.8, 4) is 11.5 Å². The van der Waals surface area contributed by atoms with Gasteiger partial charge in [0.2, 0.25) is 0 Å². The molecule has 0 amide bonds. The zero-order valence-corrected chi connectivity index (χ0v) is 11.3. The lowest BCUT2D eigenvalue weighted by molar-refractivity contribution is -0.140. The van der Waals surface area contributed by atoms with Crippen LogP contribution >= 0.6 is 0 Å². The van der Waals surface area contributed by atoms with E-state index in [0.717, 1.165) is 11.4 Å². The van der Waals surface area contributed by atoms with Crippen molar-refractivity contribution in [1.82, 2.24) is 0 Å². The largest absolute Gasteiger partial charge is 0.465 e. The van der Waals surface area contributed by atoms with E-state index in [0.29, 0.717) is 12.4 Å². The number of carbonyl (C=O) groups is 1. The highest BCUT2D eigenvalue weighted by molar-refractivity contribution is 5.75. The van der Waals surface area contributed by atoms with Crippen LogP contribution in [0.15, 0.2) is 54.6 Å². The average molecular weight is 271 g/mol. The van der Waals surface area contributed by atoms with Crippen LogP contribution in [0.25, 0.3) is 0 Å². The number of rotatable bonds is 6. The van der Waals surface area contributed by atoms with Crippen LogP contribution in [0.5, 0.6) is 11.5 Å². The van der Waals surface area contributed by atoms with Crippen molar-refractivity contribution < 1.29 is 14.3 Å². The Kier molecular flexibility index (Phi) is 5.00. The minimum absolute atomic E-state index is 0.141. The Balaban J connectivity index is 1.96. The van der Waals surface area contributed by atoms with E-state index in [1.165, 1.54) is 0 Å². The number of esters is 1. The summed E-state index contributed by atoms with van der Waals surface area (Å²) in [5.41, 5.74) is 0.812. The molecule has 0 heterocycles. The van der Waals surface area contributed by atoms with Crippen LogP contribution in [0.3, 0.4) is 0 Å². The molecule has 0 atom stereocenters. The minimum Gasteiger partial charge on any atom is -0.465 e. The van der Waals surface area contributed by atoms with Gasteiger partial charge in [-0.15, -0.1) is 0 Å². The summed E-state index contributed by atoms with van der Waals surface area (Å²) in [6.07, 6.45) is 0. The van der Waals surface area contributed by atoms with Gasteiger partial charge in [0, 0.05) is 11.8 Å². The Morgan fingerprint density at radius 3 is 2.55 bits per heavy atom. The molecule has 2 aromatic carbocycles. The highest BCUT2D eigenvalue weighted by Gasteiger charge is 2.02. The van der Waals surface area contributed by atoms with Gasteiger partial charge in [0.15, 0.2) is 0 Å². The summed E-state index contributed by atoms with van der Waals surface area (Å²) in [5, 5.41) is 3.00. The molecule has 4 nitrogen and oxygen atoms in total. The second-order valence-electron chi connectivity index (χ2n) is 4.10. The number of hydrogen-bond acceptors (Lipinski definition) is 4. The molecule has 0 spiro atoms. The van der Waals surface area contributed by atoms with Gasteiger partial charge in [-0.1, -0.05) is 24.3 Å². The van der Waals surface area contributed by atoms with Gasteiger partial charge in [-0.05, 0) is 31.2 Å². The van der Waals surface area contributed by atoms with Gasteiger partial charge in [0.05, 0.1) is 6.61 Å². The van der Waals surface area contributed by atoms with Gasteiger partial charge in [-0.25, -0.2) is 0 Å². The SMILES string of the molecule is CCOC(=O)CNc1cccc(Oc2ccccc2)c1. The van der Waals surface area contributed by atoms with Gasteiger partial charge in [-0.2, -0.15) is 0 Å². The topological polar surface area (TPSA) is 47.6 Å². The third kappa shape index (κ3) is 4.31. The molecule has 0 saturated carbocycles. The maximum Gasteiger partial charge on any atom is 0.325 e. The van der Waals surface area contributed by atoms with Crippen LogP contribution in [0.2, 0.25) is 0 Å². The number of hydrogen-bond donors (Lipinski definition) is 1. The Morgan fingerprint density at radius 1 is 1.05 bits per heavy atom. The molecule has 0 aromatic heterocycles. The lowest BCUT2D eigenvalue weighted by Gasteiger charge is -2.09. The second kappa shape index (κ2) is 7.19. The van der Waals surface area contributed by atoms with Gasteiger partial charge in [0.1, 0.15) is 18.0 Å². The van der Waals surface area contributed by atoms with Crippen LogP contribution in [-0.4, -0.2) is 19.1 Å². The molecule has 2 rings (SSSR count). The van der Waals surface area contributed by atoms with Crippen LogP contribution < -0.4 is 10.1 Å². The number of carbonyl (C=O) groups excluding carboxylic acids is 1. The zero-order chi connectivity index (χ0) is 14.2. The van der Waals surface area contributed by atoms with Crippen molar-refractivity contribution in [2.24, 2.45) is 0 Å². The van der Waals surface area contributed by atoms with E-state index in [-0.39, 0.29) is 12.5 Å². The molecule has 0 aliphatic carbocycles. The molecule has 0 fully saturated rings. The fraction of sp³-hybridized carbons (Fsp3) is 0.188. The Hall–Kier alpha value is -2.49. The van der Waals surface area contributed by atoms with Crippen molar-refractivity contribution in [3.63, 3.8) is 0 Å². The molecule has 2 aromatic rings. The fourth-order valence-electron chi connectivity index (χ4n) is 1.68. The molecule has 1 N–H and O–H groups in total. The molecule has 0 unspecified atom stereocenters. The summed E-state index contributed by atoms with van der Waals surface area (Å²) in [6, 6.07) is 17.0. The zero-order valence-electron chi connectivity index (χ0n) is 11.3. The molecule has 0 aliphatic heterocycles. The van der Waals surface area contributed by atoms with Gasteiger partial charge in [-0.3, -0.25) is 4.79 Å². The lowest BCUT2D eigenvalue weighted by Crippen LogP contribution is -2.16. The first-order valence-corrected chi connectivity index (χ1v) is 6.50. The molecule has 4 heteroatoms. The molecule has 0 aliphatic rings. The summed E-state index contributed by atoms with van der Waals surface area (Å²) >= 11 is 0. The van der Waals surface area contributed by atoms with E-state index >= 15 is 0 Å². The number of nitrogens with one attached hydrogen (secondary N) is 1. The Morgan fingerprint density at radius 2 is 1.80 bits per heavy atom. The van der Waals surface area contributed by atoms with Gasteiger partial charge >= 0.3 is 5.97 Å². The Bertz CT molecular complexity index is 555. The summed E-state index contributed by atoms with van der Waals surface area (Å²) in [7, 11) is 0. The lowest BCUT2D eigenvalue weighted by atomic mass is 10.3. The van der Waals surface area contributed by atoms with Crippen molar-refractivity contribution in [2.75, 3.05) is 18.5 Å². The number of anilines is 1. The first-order valence-electron chi connectivity index (χ1n) is 6.50. The quantitative estimate of drug-likeness (QED) is 0.817. The third-order valence-electron chi connectivity index (χ3n) is 2.56. The van der Waals surface area contributed by atoms with Crippen molar-refractivity contribution in [1.29, 1.82) is 0 Å². The number of para-hydroxylation sites is 1. The van der Waals surface area contributed by atoms with Crippen molar-refractivity contribution in [3.05, 3.63) is 54.6 Å². The molecule has 20 heavy (non-hydrogen) atoms. The minimum atomic E-state index is -0.276. The maximum atomic E-state index is 11.3. The van der Waals surface area contributed by atoms with Crippen molar-refractivity contribution in [2.45, 2.75) is 6.92 Å². The van der Waals surface area contributed by atoms with Crippen molar-refractivity contribution >= 4 is 11.7 Å². The summed E-state index contributed by atoms with van der Waals surface area (Å²) in [4.78, 5) is 11.3. The standard InChI is InChI=1S/C16H17NO3/c1-2-19-16(18)12-17-13-7-6-10-15(11-13)20-14-8-4-3-5-9-14/h3-11,17H,2,12H2,1H3. The highest BCUT2D eigenvalue weighted by atomic mass is 16.5. The summed E-state index contributed by atoms with van der Waals surface area (Å²) in [6.45, 7) is 2.31. The summed E-state index contributed by atoms with van der Waals surface area (Å²) < 4.78 is 10.6. The van der Waals surface area contributed by atoms with Crippen LogP contribution in [0.4, 0.5) is 5.69 Å². The van der Waals surface area contributed by atoms with Crippen LogP contribution in [0, 0.1) is 0 Å². The van der Waals surface area contributed by atoms with Gasteiger partial charge < -0.3 is 14.8 Å². The molecule has 104 valence electrons. The number of ether oxygens (including phenoxy) is 2.